The lowest BCUT2D eigenvalue weighted by Gasteiger charge is -1.97. The van der Waals surface area contributed by atoms with Crippen LogP contribution >= 0.6 is 0 Å². The van der Waals surface area contributed by atoms with Crippen molar-refractivity contribution in [2.45, 2.75) is 6.92 Å². The summed E-state index contributed by atoms with van der Waals surface area (Å²) in [6.07, 6.45) is 1.79. The molecule has 4 nitrogen and oxygen atoms in total. The standard InChI is InChI=1S/C15H11FN4/c1-9-11(16)6-7-12-14(9)19-15(18-12)20-13-5-3-2-4-10(13)8-17-20/h2-8H,1H3,(H,18,19). The maximum Gasteiger partial charge on any atom is 0.229 e. The topological polar surface area (TPSA) is 46.5 Å². The molecule has 2 aromatic carbocycles. The summed E-state index contributed by atoms with van der Waals surface area (Å²) in [5, 5.41) is 5.38. The summed E-state index contributed by atoms with van der Waals surface area (Å²) in [6, 6.07) is 11.0. The highest BCUT2D eigenvalue weighted by Gasteiger charge is 2.12. The van der Waals surface area contributed by atoms with E-state index in [2.05, 4.69) is 15.1 Å². The Kier molecular flexibility index (Phi) is 2.18. The van der Waals surface area contributed by atoms with E-state index in [1.165, 1.54) is 6.07 Å². The largest absolute Gasteiger partial charge is 0.322 e. The number of aromatic amines is 1. The van der Waals surface area contributed by atoms with Crippen molar-refractivity contribution < 1.29 is 4.39 Å². The molecular weight excluding hydrogens is 255 g/mol. The Hall–Kier alpha value is -2.69. The molecule has 4 aromatic rings. The third kappa shape index (κ3) is 1.46. The SMILES string of the molecule is Cc1c(F)ccc2[nH]c(-n3ncc4ccccc43)nc12. The number of nitrogens with one attached hydrogen (secondary N) is 1. The van der Waals surface area contributed by atoms with E-state index in [4.69, 9.17) is 0 Å². The lowest BCUT2D eigenvalue weighted by Crippen LogP contribution is -1.97. The summed E-state index contributed by atoms with van der Waals surface area (Å²) in [4.78, 5) is 7.65. The molecule has 2 aromatic heterocycles. The van der Waals surface area contributed by atoms with E-state index in [-0.39, 0.29) is 5.82 Å². The van der Waals surface area contributed by atoms with E-state index in [0.717, 1.165) is 16.4 Å². The number of nitrogens with zero attached hydrogens (tertiary/aromatic N) is 3. The Bertz CT molecular complexity index is 936. The Balaban J connectivity index is 2.01. The van der Waals surface area contributed by atoms with Gasteiger partial charge in [0.2, 0.25) is 5.95 Å². The average molecular weight is 266 g/mol. The number of hydrogen-bond donors (Lipinski definition) is 1. The zero-order valence-corrected chi connectivity index (χ0v) is 10.8. The zero-order valence-electron chi connectivity index (χ0n) is 10.8. The third-order valence-corrected chi connectivity index (χ3v) is 3.51. The molecule has 5 heteroatoms. The molecule has 2 heterocycles. The van der Waals surface area contributed by atoms with Gasteiger partial charge in [-0.1, -0.05) is 18.2 Å². The van der Waals surface area contributed by atoms with Crippen LogP contribution in [0.15, 0.2) is 42.6 Å². The molecule has 0 atom stereocenters. The number of para-hydroxylation sites is 1. The van der Waals surface area contributed by atoms with Gasteiger partial charge in [-0.25, -0.2) is 9.37 Å². The summed E-state index contributed by atoms with van der Waals surface area (Å²) in [5.41, 5.74) is 2.95. The minimum atomic E-state index is -0.249. The molecule has 0 saturated heterocycles. The summed E-state index contributed by atoms with van der Waals surface area (Å²) in [7, 11) is 0. The van der Waals surface area contributed by atoms with Crippen molar-refractivity contribution in [3.8, 4) is 5.95 Å². The maximum atomic E-state index is 13.6. The van der Waals surface area contributed by atoms with Crippen molar-refractivity contribution in [2.75, 3.05) is 0 Å². The molecule has 0 saturated carbocycles. The number of H-pyrrole nitrogens is 1. The highest BCUT2D eigenvalue weighted by molar-refractivity contribution is 5.82. The molecule has 4 rings (SSSR count). The van der Waals surface area contributed by atoms with Gasteiger partial charge in [-0.3, -0.25) is 0 Å². The first-order valence-electron chi connectivity index (χ1n) is 6.32. The normalized spacial score (nSPS) is 11.5. The fourth-order valence-corrected chi connectivity index (χ4v) is 2.42. The monoisotopic (exact) mass is 266 g/mol. The molecule has 1 N–H and O–H groups in total. The number of aromatic nitrogens is 4. The second-order valence-corrected chi connectivity index (χ2v) is 4.74. The smallest absolute Gasteiger partial charge is 0.229 e. The average Bonchev–Trinajstić information content (AvgIpc) is 3.06. The van der Waals surface area contributed by atoms with Gasteiger partial charge in [0.25, 0.3) is 0 Å². The van der Waals surface area contributed by atoms with Crippen LogP contribution in [-0.4, -0.2) is 19.7 Å². The summed E-state index contributed by atoms with van der Waals surface area (Å²) in [6.45, 7) is 1.73. The fourth-order valence-electron chi connectivity index (χ4n) is 2.42. The minimum absolute atomic E-state index is 0.249. The van der Waals surface area contributed by atoms with E-state index < -0.39 is 0 Å². The zero-order chi connectivity index (χ0) is 13.7. The van der Waals surface area contributed by atoms with Crippen molar-refractivity contribution in [3.63, 3.8) is 0 Å². The molecule has 98 valence electrons. The van der Waals surface area contributed by atoms with Crippen LogP contribution in [-0.2, 0) is 0 Å². The van der Waals surface area contributed by atoms with Crippen LogP contribution < -0.4 is 0 Å². The number of rotatable bonds is 1. The summed E-state index contributed by atoms with van der Waals surface area (Å²) >= 11 is 0. The van der Waals surface area contributed by atoms with Gasteiger partial charge in [0.05, 0.1) is 22.7 Å². The van der Waals surface area contributed by atoms with Gasteiger partial charge < -0.3 is 4.98 Å². The predicted molar refractivity (Wildman–Crippen MR) is 75.4 cm³/mol. The van der Waals surface area contributed by atoms with Crippen LogP contribution in [0.5, 0.6) is 0 Å². The van der Waals surface area contributed by atoms with Crippen LogP contribution in [0.25, 0.3) is 27.9 Å². The van der Waals surface area contributed by atoms with Gasteiger partial charge in [-0.15, -0.1) is 0 Å². The number of halogens is 1. The van der Waals surface area contributed by atoms with E-state index in [9.17, 15) is 4.39 Å². The highest BCUT2D eigenvalue weighted by Crippen LogP contribution is 2.22. The number of aryl methyl sites for hydroxylation is 1. The van der Waals surface area contributed by atoms with Crippen LogP contribution in [0.4, 0.5) is 4.39 Å². The molecule has 0 aliphatic rings. The molecule has 20 heavy (non-hydrogen) atoms. The summed E-state index contributed by atoms with van der Waals surface area (Å²) < 4.78 is 15.3. The molecule has 0 aliphatic heterocycles. The first-order chi connectivity index (χ1) is 9.74. The lowest BCUT2D eigenvalue weighted by molar-refractivity contribution is 0.620. The van der Waals surface area contributed by atoms with Crippen molar-refractivity contribution in [1.82, 2.24) is 19.7 Å². The van der Waals surface area contributed by atoms with Crippen molar-refractivity contribution in [1.29, 1.82) is 0 Å². The first kappa shape index (κ1) is 11.2. The molecule has 0 fully saturated rings. The van der Waals surface area contributed by atoms with Gasteiger partial charge in [0.1, 0.15) is 5.82 Å². The Morgan fingerprint density at radius 3 is 2.90 bits per heavy atom. The van der Waals surface area contributed by atoms with Crippen molar-refractivity contribution in [2.24, 2.45) is 0 Å². The molecule has 0 amide bonds. The first-order valence-corrected chi connectivity index (χ1v) is 6.32. The number of imidazole rings is 1. The van der Waals surface area contributed by atoms with Crippen LogP contribution in [0.3, 0.4) is 0 Å². The Labute approximate surface area is 113 Å². The number of fused-ring (bicyclic) bond motifs is 2. The van der Waals surface area contributed by atoms with Crippen LogP contribution in [0, 0.1) is 12.7 Å². The highest BCUT2D eigenvalue weighted by atomic mass is 19.1. The van der Waals surface area contributed by atoms with E-state index >= 15 is 0 Å². The maximum absolute atomic E-state index is 13.6. The van der Waals surface area contributed by atoms with Crippen molar-refractivity contribution in [3.05, 3.63) is 54.0 Å². The molecular formula is C15H11FN4. The predicted octanol–water partition coefficient (Wildman–Crippen LogP) is 3.35. The quantitative estimate of drug-likeness (QED) is 0.574. The van der Waals surface area contributed by atoms with Crippen LogP contribution in [0.1, 0.15) is 5.56 Å². The fraction of sp³-hybridized carbons (Fsp3) is 0.0667. The van der Waals surface area contributed by atoms with Gasteiger partial charge >= 0.3 is 0 Å². The Morgan fingerprint density at radius 2 is 2.00 bits per heavy atom. The van der Waals surface area contributed by atoms with E-state index in [1.807, 2.05) is 24.3 Å². The molecule has 0 radical (unpaired) electrons. The minimum Gasteiger partial charge on any atom is -0.322 e. The second kappa shape index (κ2) is 3.90. The van der Waals surface area contributed by atoms with Gasteiger partial charge in [0, 0.05) is 10.9 Å². The third-order valence-electron chi connectivity index (χ3n) is 3.51. The van der Waals surface area contributed by atoms with Gasteiger partial charge in [-0.2, -0.15) is 9.78 Å². The molecule has 0 unspecified atom stereocenters. The summed E-state index contributed by atoms with van der Waals surface area (Å²) in [5.74, 6) is 0.343. The lowest BCUT2D eigenvalue weighted by atomic mass is 10.2. The van der Waals surface area contributed by atoms with Gasteiger partial charge in [0.15, 0.2) is 0 Å². The molecule has 0 spiro atoms. The van der Waals surface area contributed by atoms with Crippen molar-refractivity contribution >= 4 is 21.9 Å². The second-order valence-electron chi connectivity index (χ2n) is 4.74. The van der Waals surface area contributed by atoms with E-state index in [1.54, 1.807) is 23.9 Å². The molecule has 0 aliphatic carbocycles. The molecule has 0 bridgehead atoms. The van der Waals surface area contributed by atoms with E-state index in [0.29, 0.717) is 17.0 Å². The number of benzene rings is 2. The van der Waals surface area contributed by atoms with Crippen LogP contribution in [0.2, 0.25) is 0 Å². The number of hydrogen-bond acceptors (Lipinski definition) is 2. The van der Waals surface area contributed by atoms with Gasteiger partial charge in [-0.05, 0) is 25.1 Å². The Morgan fingerprint density at radius 1 is 1.15 bits per heavy atom.